The van der Waals surface area contributed by atoms with E-state index in [1.165, 1.54) is 0 Å². The van der Waals surface area contributed by atoms with Crippen molar-refractivity contribution in [2.24, 2.45) is 0 Å². The molecule has 2 rings (SSSR count). The van der Waals surface area contributed by atoms with E-state index in [0.717, 1.165) is 11.1 Å². The van der Waals surface area contributed by atoms with Crippen LogP contribution in [0.4, 0.5) is 5.69 Å². The zero-order chi connectivity index (χ0) is 20.4. The number of aldehydes is 1. The molecule has 0 radical (unpaired) electrons. The molecule has 1 N–H and O–H groups in total. The number of hydrogen-bond donors (Lipinski definition) is 1. The summed E-state index contributed by atoms with van der Waals surface area (Å²) in [4.78, 5) is 22.2. The van der Waals surface area contributed by atoms with Gasteiger partial charge in [0.25, 0.3) is 5.91 Å². The van der Waals surface area contributed by atoms with Crippen LogP contribution in [0.2, 0.25) is 0 Å². The van der Waals surface area contributed by atoms with Crippen molar-refractivity contribution in [2.75, 3.05) is 24.9 Å². The summed E-state index contributed by atoms with van der Waals surface area (Å²) >= 11 is 0. The van der Waals surface area contributed by atoms with Gasteiger partial charge in [-0.1, -0.05) is 36.4 Å². The molecule has 2 aromatic carbocycles. The fourth-order valence-electron chi connectivity index (χ4n) is 2.55. The molecule has 0 bridgehead atoms. The van der Waals surface area contributed by atoms with Gasteiger partial charge in [-0.25, -0.2) is 0 Å². The molecule has 9 heteroatoms. The second kappa shape index (κ2) is 13.0. The van der Waals surface area contributed by atoms with Crippen molar-refractivity contribution >= 4 is 55.0 Å². The molecule has 1 amide bonds. The van der Waals surface area contributed by atoms with E-state index in [4.69, 9.17) is 13.8 Å². The van der Waals surface area contributed by atoms with Gasteiger partial charge in [-0.05, 0) is 43.5 Å². The number of carbonyl (C=O) groups excluding carboxylic acids is 2. The molecule has 29 heavy (non-hydrogen) atoms. The van der Waals surface area contributed by atoms with Crippen LogP contribution in [-0.4, -0.2) is 61.3 Å². The number of amides is 1. The summed E-state index contributed by atoms with van der Waals surface area (Å²) in [6.07, 6.45) is 0.508. The maximum atomic E-state index is 12.6. The van der Waals surface area contributed by atoms with Crippen molar-refractivity contribution in [3.05, 3.63) is 59.7 Å². The van der Waals surface area contributed by atoms with Crippen LogP contribution in [0.15, 0.2) is 48.5 Å². The molecular weight excluding hydrogens is 404 g/mol. The molecule has 2 aromatic rings. The van der Waals surface area contributed by atoms with Crippen LogP contribution in [0.1, 0.15) is 25.0 Å². The quantitative estimate of drug-likeness (QED) is 0.255. The Bertz CT molecular complexity index is 836. The van der Waals surface area contributed by atoms with Gasteiger partial charge in [0, 0.05) is 0 Å². The van der Waals surface area contributed by atoms with Crippen molar-refractivity contribution in [2.45, 2.75) is 20.3 Å². The monoisotopic (exact) mass is 429 g/mol. The zero-order valence-corrected chi connectivity index (χ0v) is 16.8. The average Bonchev–Trinajstić information content (AvgIpc) is 2.69. The van der Waals surface area contributed by atoms with Gasteiger partial charge in [0.1, 0.15) is 5.75 Å². The second-order valence-electron chi connectivity index (χ2n) is 5.82. The molecule has 152 valence electrons. The molecule has 0 saturated carbocycles. The SMILES string of the molecule is CCOP(=O)(COc1cc(Cc2ccccc2)ccc1NC(=O)C=O)OCC.[NaH]. The van der Waals surface area contributed by atoms with Crippen LogP contribution in [0.3, 0.4) is 0 Å². The molecule has 0 aliphatic carbocycles. The van der Waals surface area contributed by atoms with E-state index in [-0.39, 0.29) is 61.2 Å². The van der Waals surface area contributed by atoms with Gasteiger partial charge in [-0.3, -0.25) is 14.2 Å². The van der Waals surface area contributed by atoms with Crippen molar-refractivity contribution in [3.63, 3.8) is 0 Å². The Labute approximate surface area is 192 Å². The number of rotatable bonds is 11. The van der Waals surface area contributed by atoms with E-state index in [9.17, 15) is 14.2 Å². The molecule has 0 heterocycles. The van der Waals surface area contributed by atoms with Crippen LogP contribution >= 0.6 is 7.60 Å². The van der Waals surface area contributed by atoms with Crippen molar-refractivity contribution < 1.29 is 27.9 Å². The Morgan fingerprint density at radius 2 is 1.69 bits per heavy atom. The van der Waals surface area contributed by atoms with Crippen molar-refractivity contribution in [1.82, 2.24) is 0 Å². The summed E-state index contributed by atoms with van der Waals surface area (Å²) in [6.45, 7) is 3.84. The molecule has 0 aliphatic heterocycles. The van der Waals surface area contributed by atoms with Gasteiger partial charge >= 0.3 is 37.2 Å². The number of carbonyl (C=O) groups is 2. The molecule has 7 nitrogen and oxygen atoms in total. The van der Waals surface area contributed by atoms with Gasteiger partial charge in [0.2, 0.25) is 6.29 Å². The summed E-state index contributed by atoms with van der Waals surface area (Å²) in [5.74, 6) is -0.526. The third kappa shape index (κ3) is 8.42. The zero-order valence-electron chi connectivity index (χ0n) is 15.9. The summed E-state index contributed by atoms with van der Waals surface area (Å²) in [7, 11) is -3.43. The van der Waals surface area contributed by atoms with Gasteiger partial charge < -0.3 is 19.1 Å². The number of ether oxygens (including phenoxy) is 1. The molecule has 0 fully saturated rings. The first-order chi connectivity index (χ1) is 13.5. The first-order valence-corrected chi connectivity index (χ1v) is 10.7. The molecule has 0 saturated heterocycles. The number of hydrogen-bond acceptors (Lipinski definition) is 6. The van der Waals surface area contributed by atoms with Crippen LogP contribution in [0.25, 0.3) is 0 Å². The predicted molar refractivity (Wildman–Crippen MR) is 114 cm³/mol. The van der Waals surface area contributed by atoms with E-state index in [2.05, 4.69) is 5.32 Å². The Morgan fingerprint density at radius 1 is 1.03 bits per heavy atom. The first kappa shape index (κ1) is 25.6. The Kier molecular flexibility index (Phi) is 11.4. The van der Waals surface area contributed by atoms with Crippen molar-refractivity contribution in [1.29, 1.82) is 0 Å². The third-order valence-corrected chi connectivity index (χ3v) is 5.44. The molecular formula is C20H25NNaO6P. The molecule has 0 aromatic heterocycles. The fourth-order valence-corrected chi connectivity index (χ4v) is 3.85. The summed E-state index contributed by atoms with van der Waals surface area (Å²) in [6, 6.07) is 15.0. The van der Waals surface area contributed by atoms with Crippen LogP contribution in [0.5, 0.6) is 5.75 Å². The van der Waals surface area contributed by atoms with Crippen LogP contribution in [0, 0.1) is 0 Å². The summed E-state index contributed by atoms with van der Waals surface area (Å²) in [5.41, 5.74) is 2.33. The van der Waals surface area contributed by atoms with E-state index < -0.39 is 13.5 Å². The summed E-state index contributed by atoms with van der Waals surface area (Å²) in [5, 5.41) is 2.45. The average molecular weight is 429 g/mol. The van der Waals surface area contributed by atoms with E-state index in [0.29, 0.717) is 12.1 Å². The van der Waals surface area contributed by atoms with E-state index >= 15 is 0 Å². The Hall–Kier alpha value is -1.47. The fraction of sp³-hybridized carbons (Fsp3) is 0.300. The summed E-state index contributed by atoms with van der Waals surface area (Å²) < 4.78 is 28.8. The topological polar surface area (TPSA) is 90.9 Å². The minimum atomic E-state index is -3.43. The predicted octanol–water partition coefficient (Wildman–Crippen LogP) is 3.37. The number of anilines is 1. The van der Waals surface area contributed by atoms with Gasteiger partial charge in [0.05, 0.1) is 18.9 Å². The first-order valence-electron chi connectivity index (χ1n) is 8.93. The number of nitrogens with one attached hydrogen (secondary N) is 1. The molecule has 0 spiro atoms. The van der Waals surface area contributed by atoms with Crippen LogP contribution in [-0.2, 0) is 29.6 Å². The molecule has 0 unspecified atom stereocenters. The van der Waals surface area contributed by atoms with Crippen LogP contribution < -0.4 is 10.1 Å². The van der Waals surface area contributed by atoms with Gasteiger partial charge in [-0.15, -0.1) is 0 Å². The van der Waals surface area contributed by atoms with Gasteiger partial charge in [-0.2, -0.15) is 0 Å². The maximum absolute atomic E-state index is 12.6. The standard InChI is InChI=1S/C20H24NO6P.Na.H/c1-3-26-28(24,27-4-2)15-25-19-13-17(12-16-8-6-5-7-9-16)10-11-18(19)21-20(23)14-22;;/h5-11,13-14H,3-4,12,15H2,1-2H3,(H,21,23);;. The number of benzene rings is 2. The Morgan fingerprint density at radius 3 is 2.28 bits per heavy atom. The van der Waals surface area contributed by atoms with E-state index in [1.807, 2.05) is 36.4 Å². The van der Waals surface area contributed by atoms with Gasteiger partial charge in [0.15, 0.2) is 6.35 Å². The Balaban J connectivity index is 0.00000420. The normalized spacial score (nSPS) is 10.7. The minimum absolute atomic E-state index is 0. The second-order valence-corrected chi connectivity index (χ2v) is 7.82. The molecule has 0 aliphatic rings. The molecule has 0 atom stereocenters. The van der Waals surface area contributed by atoms with E-state index in [1.54, 1.807) is 26.0 Å². The van der Waals surface area contributed by atoms with Crippen molar-refractivity contribution in [3.8, 4) is 5.75 Å². The third-order valence-electron chi connectivity index (χ3n) is 3.69.